The molecule has 1 atom stereocenters. The molecule has 0 aromatic heterocycles. The fraction of sp³-hybridized carbons (Fsp3) is 0.292. The summed E-state index contributed by atoms with van der Waals surface area (Å²) >= 11 is 6.41. The second-order valence-electron chi connectivity index (χ2n) is 7.31. The molecule has 1 N–H and O–H groups in total. The van der Waals surface area contributed by atoms with Crippen molar-refractivity contribution in [1.29, 1.82) is 0 Å². The van der Waals surface area contributed by atoms with E-state index in [-0.39, 0.29) is 16.7 Å². The zero-order valence-corrected chi connectivity index (χ0v) is 19.2. The maximum absolute atomic E-state index is 13.2. The number of imide groups is 2. The molecule has 1 heterocycles. The Hall–Kier alpha value is -3.32. The molecule has 1 fully saturated rings. The van der Waals surface area contributed by atoms with Crippen molar-refractivity contribution in [2.75, 3.05) is 12.0 Å². The number of carbonyl (C=O) groups is 3. The summed E-state index contributed by atoms with van der Waals surface area (Å²) < 4.78 is 11.2. The van der Waals surface area contributed by atoms with E-state index in [9.17, 15) is 14.4 Å². The Morgan fingerprint density at radius 2 is 1.88 bits per heavy atom. The molecule has 0 unspecified atom stereocenters. The molecule has 4 amide bonds. The summed E-state index contributed by atoms with van der Waals surface area (Å²) in [4.78, 5) is 39.2. The van der Waals surface area contributed by atoms with Crippen LogP contribution in [0.25, 0.3) is 6.08 Å². The van der Waals surface area contributed by atoms with Crippen LogP contribution in [-0.4, -0.2) is 31.1 Å². The predicted octanol–water partition coefficient (Wildman–Crippen LogP) is 4.75. The molecule has 32 heavy (non-hydrogen) atoms. The van der Waals surface area contributed by atoms with Gasteiger partial charge in [-0.05, 0) is 55.2 Å². The number of barbiturate groups is 1. The van der Waals surface area contributed by atoms with E-state index >= 15 is 0 Å². The predicted molar refractivity (Wildman–Crippen MR) is 123 cm³/mol. The lowest BCUT2D eigenvalue weighted by Gasteiger charge is -2.28. The molecule has 1 saturated heterocycles. The number of para-hydroxylation sites is 1. The lowest BCUT2D eigenvalue weighted by Crippen LogP contribution is -2.54. The summed E-state index contributed by atoms with van der Waals surface area (Å²) in [6, 6.07) is 9.48. The Kier molecular flexibility index (Phi) is 7.20. The van der Waals surface area contributed by atoms with Gasteiger partial charge in [-0.1, -0.05) is 43.6 Å². The molecule has 7 nitrogen and oxygen atoms in total. The highest BCUT2D eigenvalue weighted by Crippen LogP contribution is 2.38. The Labute approximate surface area is 191 Å². The minimum atomic E-state index is -0.786. The Balaban J connectivity index is 2.03. The van der Waals surface area contributed by atoms with Gasteiger partial charge in [0.1, 0.15) is 5.57 Å². The molecule has 8 heteroatoms. The number of halogens is 1. The van der Waals surface area contributed by atoms with Gasteiger partial charge in [0.05, 0.1) is 23.9 Å². The van der Waals surface area contributed by atoms with E-state index in [2.05, 4.69) is 5.32 Å². The molecule has 0 radical (unpaired) electrons. The number of urea groups is 1. The number of anilines is 1. The molecule has 168 valence electrons. The standard InChI is InChI=1S/C24H25ClN2O5/c1-5-14(3)32-21-18(25)12-15(13-20(21)31-4)11-17-22(28)26-24(30)27(23(17)29)19-10-8-7-9-16(19)6-2/h7-14H,5-6H2,1-4H3,(H,26,28,30)/b17-11+/t14-/m1/s1. The van der Waals surface area contributed by atoms with Gasteiger partial charge >= 0.3 is 6.03 Å². The molecule has 3 rings (SSSR count). The molecule has 1 aliphatic heterocycles. The van der Waals surface area contributed by atoms with Crippen LogP contribution in [0.3, 0.4) is 0 Å². The maximum Gasteiger partial charge on any atom is 0.335 e. The third-order valence-corrected chi connectivity index (χ3v) is 5.45. The van der Waals surface area contributed by atoms with Crippen molar-refractivity contribution in [3.63, 3.8) is 0 Å². The third kappa shape index (κ3) is 4.62. The molecule has 1 aliphatic rings. The minimum Gasteiger partial charge on any atom is -0.493 e. The van der Waals surface area contributed by atoms with E-state index < -0.39 is 17.8 Å². The zero-order chi connectivity index (χ0) is 23.4. The van der Waals surface area contributed by atoms with Gasteiger partial charge in [0.15, 0.2) is 11.5 Å². The number of nitrogens with one attached hydrogen (secondary N) is 1. The number of aryl methyl sites for hydroxylation is 1. The fourth-order valence-corrected chi connectivity index (χ4v) is 3.56. The SMILES string of the molecule is CCc1ccccc1N1C(=O)NC(=O)/C(=C\c2cc(Cl)c(O[C@H](C)CC)c(OC)c2)C1=O. The van der Waals surface area contributed by atoms with E-state index in [0.29, 0.717) is 29.2 Å². The highest BCUT2D eigenvalue weighted by Gasteiger charge is 2.37. The van der Waals surface area contributed by atoms with Crippen molar-refractivity contribution >= 4 is 41.2 Å². The number of amides is 4. The third-order valence-electron chi connectivity index (χ3n) is 5.17. The number of hydrogen-bond acceptors (Lipinski definition) is 5. The van der Waals surface area contributed by atoms with Gasteiger partial charge in [-0.2, -0.15) is 0 Å². The Bertz CT molecular complexity index is 1100. The van der Waals surface area contributed by atoms with Crippen molar-refractivity contribution in [3.8, 4) is 11.5 Å². The highest BCUT2D eigenvalue weighted by molar-refractivity contribution is 6.39. The number of nitrogens with zero attached hydrogens (tertiary/aromatic N) is 1. The zero-order valence-electron chi connectivity index (χ0n) is 18.4. The molecule has 0 spiro atoms. The molecular weight excluding hydrogens is 432 g/mol. The van der Waals surface area contributed by atoms with Crippen LogP contribution in [0.2, 0.25) is 5.02 Å². The van der Waals surface area contributed by atoms with Crippen LogP contribution in [-0.2, 0) is 16.0 Å². The van der Waals surface area contributed by atoms with Crippen molar-refractivity contribution in [2.45, 2.75) is 39.7 Å². The van der Waals surface area contributed by atoms with E-state index in [1.807, 2.05) is 32.9 Å². The summed E-state index contributed by atoms with van der Waals surface area (Å²) in [6.07, 6.45) is 2.70. The van der Waals surface area contributed by atoms with Crippen molar-refractivity contribution in [2.24, 2.45) is 0 Å². The summed E-state index contributed by atoms with van der Waals surface area (Å²) in [5.74, 6) is -0.730. The van der Waals surface area contributed by atoms with Gasteiger partial charge in [-0.15, -0.1) is 0 Å². The largest absolute Gasteiger partial charge is 0.493 e. The van der Waals surface area contributed by atoms with Crippen LogP contribution in [0.4, 0.5) is 10.5 Å². The normalized spacial score (nSPS) is 16.2. The van der Waals surface area contributed by atoms with Crippen molar-refractivity contribution < 1.29 is 23.9 Å². The molecule has 0 saturated carbocycles. The summed E-state index contributed by atoms with van der Waals surface area (Å²) in [5.41, 5.74) is 1.51. The van der Waals surface area contributed by atoms with Gasteiger partial charge in [0.25, 0.3) is 11.8 Å². The number of benzene rings is 2. The second kappa shape index (κ2) is 9.87. The van der Waals surface area contributed by atoms with Crippen LogP contribution >= 0.6 is 11.6 Å². The monoisotopic (exact) mass is 456 g/mol. The lowest BCUT2D eigenvalue weighted by atomic mass is 10.0. The van der Waals surface area contributed by atoms with E-state index in [1.165, 1.54) is 13.2 Å². The van der Waals surface area contributed by atoms with Crippen LogP contribution in [0.5, 0.6) is 11.5 Å². The second-order valence-corrected chi connectivity index (χ2v) is 7.72. The summed E-state index contributed by atoms with van der Waals surface area (Å²) in [7, 11) is 1.48. The van der Waals surface area contributed by atoms with Crippen molar-refractivity contribution in [1.82, 2.24) is 5.32 Å². The molecule has 0 bridgehead atoms. The lowest BCUT2D eigenvalue weighted by molar-refractivity contribution is -0.122. The highest BCUT2D eigenvalue weighted by atomic mass is 35.5. The first kappa shape index (κ1) is 23.3. The summed E-state index contributed by atoms with van der Waals surface area (Å²) in [6.45, 7) is 5.82. The number of ether oxygens (including phenoxy) is 2. The maximum atomic E-state index is 13.2. The Morgan fingerprint density at radius 3 is 2.53 bits per heavy atom. The number of carbonyl (C=O) groups excluding carboxylic acids is 3. The van der Waals surface area contributed by atoms with E-state index in [0.717, 1.165) is 16.9 Å². The first-order valence-corrected chi connectivity index (χ1v) is 10.7. The quantitative estimate of drug-likeness (QED) is 0.480. The van der Waals surface area contributed by atoms with Crippen LogP contribution in [0.1, 0.15) is 38.3 Å². The minimum absolute atomic E-state index is 0.0745. The number of rotatable bonds is 7. The van der Waals surface area contributed by atoms with Crippen LogP contribution < -0.4 is 19.7 Å². The van der Waals surface area contributed by atoms with Gasteiger partial charge in [-0.3, -0.25) is 14.9 Å². The Morgan fingerprint density at radius 1 is 1.16 bits per heavy atom. The number of methoxy groups -OCH3 is 1. The van der Waals surface area contributed by atoms with E-state index in [1.54, 1.807) is 24.3 Å². The molecular formula is C24H25ClN2O5. The average Bonchev–Trinajstić information content (AvgIpc) is 2.78. The van der Waals surface area contributed by atoms with Crippen molar-refractivity contribution in [3.05, 3.63) is 58.1 Å². The van der Waals surface area contributed by atoms with Gasteiger partial charge in [0, 0.05) is 0 Å². The number of hydrogen-bond donors (Lipinski definition) is 1. The first-order chi connectivity index (χ1) is 15.3. The van der Waals surface area contributed by atoms with Gasteiger partial charge in [-0.25, -0.2) is 9.69 Å². The smallest absolute Gasteiger partial charge is 0.335 e. The molecule has 2 aromatic rings. The van der Waals surface area contributed by atoms with Crippen LogP contribution in [0.15, 0.2) is 42.0 Å². The van der Waals surface area contributed by atoms with E-state index in [4.69, 9.17) is 21.1 Å². The molecule has 2 aromatic carbocycles. The van der Waals surface area contributed by atoms with Gasteiger partial charge < -0.3 is 9.47 Å². The van der Waals surface area contributed by atoms with Crippen LogP contribution in [0, 0.1) is 0 Å². The molecule has 0 aliphatic carbocycles. The fourth-order valence-electron chi connectivity index (χ4n) is 3.29. The summed E-state index contributed by atoms with van der Waals surface area (Å²) in [5, 5.41) is 2.52. The topological polar surface area (TPSA) is 84.9 Å². The average molecular weight is 457 g/mol. The first-order valence-electron chi connectivity index (χ1n) is 10.3. The van der Waals surface area contributed by atoms with Gasteiger partial charge in [0.2, 0.25) is 0 Å².